The van der Waals surface area contributed by atoms with Crippen molar-refractivity contribution in [1.82, 2.24) is 0 Å². The van der Waals surface area contributed by atoms with Gasteiger partial charge >= 0.3 is 0 Å². The van der Waals surface area contributed by atoms with Crippen molar-refractivity contribution in [3.8, 4) is 12.3 Å². The maximum Gasteiger partial charge on any atom is 0.140 e. The van der Waals surface area contributed by atoms with Crippen LogP contribution in [0.3, 0.4) is 0 Å². The molecule has 2 atom stereocenters. The summed E-state index contributed by atoms with van der Waals surface area (Å²) in [6, 6.07) is 0. The van der Waals surface area contributed by atoms with Crippen molar-refractivity contribution in [2.45, 2.75) is 12.5 Å². The number of likely N-dealkylation sites (N-methyl/N-ethyl adjacent to an activating group) is 1. The number of hydrogen-bond donors (Lipinski definition) is 1. The van der Waals surface area contributed by atoms with Crippen LogP contribution in [0.15, 0.2) is 0 Å². The van der Waals surface area contributed by atoms with Crippen LogP contribution in [0, 0.1) is 12.3 Å². The van der Waals surface area contributed by atoms with Gasteiger partial charge in [0.05, 0.1) is 13.6 Å². The average molecular weight is 220 g/mol. The Morgan fingerprint density at radius 3 is 2.73 bits per heavy atom. The molecule has 0 bridgehead atoms. The summed E-state index contributed by atoms with van der Waals surface area (Å²) in [4.78, 5) is 0. The van der Waals surface area contributed by atoms with Crippen LogP contribution in [0.25, 0.3) is 0 Å². The molecule has 0 amide bonds. The molecule has 0 saturated carbocycles. The molecular weight excluding hydrogens is 206 g/mol. The molecule has 3 heteroatoms. The van der Waals surface area contributed by atoms with Gasteiger partial charge in [0, 0.05) is 6.42 Å². The first-order valence-electron chi connectivity index (χ1n) is 3.61. The van der Waals surface area contributed by atoms with Crippen molar-refractivity contribution in [2.75, 3.05) is 26.7 Å². The predicted octanol–water partition coefficient (Wildman–Crippen LogP) is -3.17. The van der Waals surface area contributed by atoms with Gasteiger partial charge in [-0.2, -0.15) is 0 Å². The molecule has 1 saturated heterocycles. The molecular formula is C8H14BrNO. The van der Waals surface area contributed by atoms with Gasteiger partial charge in [0.15, 0.2) is 0 Å². The van der Waals surface area contributed by atoms with Gasteiger partial charge in [-0.15, -0.1) is 6.42 Å². The molecule has 1 N–H and O–H groups in total. The van der Waals surface area contributed by atoms with E-state index in [0.717, 1.165) is 30.5 Å². The zero-order chi connectivity index (χ0) is 7.61. The fourth-order valence-electron chi connectivity index (χ4n) is 1.52. The second kappa shape index (κ2) is 4.10. The Bertz CT molecular complexity index is 166. The SMILES string of the molecule is C#CC[N+]1(C)CC[C@H](O)C1.[Br-]. The van der Waals surface area contributed by atoms with E-state index in [1.165, 1.54) is 0 Å². The van der Waals surface area contributed by atoms with Crippen molar-refractivity contribution in [3.63, 3.8) is 0 Å². The van der Waals surface area contributed by atoms with Crippen molar-refractivity contribution < 1.29 is 26.6 Å². The van der Waals surface area contributed by atoms with E-state index in [4.69, 9.17) is 6.42 Å². The lowest BCUT2D eigenvalue weighted by Crippen LogP contribution is -3.00. The summed E-state index contributed by atoms with van der Waals surface area (Å²) >= 11 is 0. The fraction of sp³-hybridized carbons (Fsp3) is 0.750. The molecule has 0 aliphatic carbocycles. The molecule has 1 aliphatic heterocycles. The van der Waals surface area contributed by atoms with E-state index < -0.39 is 0 Å². The van der Waals surface area contributed by atoms with Gasteiger partial charge in [-0.3, -0.25) is 0 Å². The van der Waals surface area contributed by atoms with Crippen LogP contribution in [0.4, 0.5) is 0 Å². The van der Waals surface area contributed by atoms with Crippen LogP contribution in [0.5, 0.6) is 0 Å². The summed E-state index contributed by atoms with van der Waals surface area (Å²) in [7, 11) is 2.09. The third-order valence-electron chi connectivity index (χ3n) is 2.13. The summed E-state index contributed by atoms with van der Waals surface area (Å²) < 4.78 is 0.845. The highest BCUT2D eigenvalue weighted by atomic mass is 79.9. The second-order valence-electron chi connectivity index (χ2n) is 3.33. The molecule has 1 rings (SSSR count). The van der Waals surface area contributed by atoms with E-state index in [0.29, 0.717) is 0 Å². The van der Waals surface area contributed by atoms with Crippen LogP contribution in [-0.4, -0.2) is 42.4 Å². The van der Waals surface area contributed by atoms with Gasteiger partial charge in [-0.05, 0) is 5.92 Å². The van der Waals surface area contributed by atoms with Gasteiger partial charge in [-0.1, -0.05) is 0 Å². The number of halogens is 1. The van der Waals surface area contributed by atoms with E-state index in [-0.39, 0.29) is 23.1 Å². The standard InChI is InChI=1S/C8H14NO.BrH/c1-3-5-9(2)6-4-8(10)7-9;/h1,8,10H,4-7H2,2H3;1H/q+1;/p-1/t8-,9?;/m0./s1. The number of terminal acetylenes is 1. The topological polar surface area (TPSA) is 20.2 Å². The number of hydrogen-bond acceptors (Lipinski definition) is 1. The Kier molecular flexibility index (Phi) is 4.09. The van der Waals surface area contributed by atoms with Gasteiger partial charge in [-0.25, -0.2) is 0 Å². The largest absolute Gasteiger partial charge is 1.00 e. The van der Waals surface area contributed by atoms with E-state index in [9.17, 15) is 5.11 Å². The quantitative estimate of drug-likeness (QED) is 0.365. The Labute approximate surface area is 78.6 Å². The summed E-state index contributed by atoms with van der Waals surface area (Å²) in [5.41, 5.74) is 0. The minimum Gasteiger partial charge on any atom is -1.00 e. The lowest BCUT2D eigenvalue weighted by molar-refractivity contribution is -0.891. The first-order valence-corrected chi connectivity index (χ1v) is 3.61. The summed E-state index contributed by atoms with van der Waals surface area (Å²) in [5, 5.41) is 9.21. The Morgan fingerprint density at radius 1 is 1.73 bits per heavy atom. The lowest BCUT2D eigenvalue weighted by atomic mass is 10.3. The van der Waals surface area contributed by atoms with E-state index >= 15 is 0 Å². The molecule has 0 spiro atoms. The highest BCUT2D eigenvalue weighted by molar-refractivity contribution is 4.84. The average Bonchev–Trinajstić information content (AvgIpc) is 2.12. The molecule has 64 valence electrons. The van der Waals surface area contributed by atoms with Crippen LogP contribution >= 0.6 is 0 Å². The van der Waals surface area contributed by atoms with E-state index in [1.807, 2.05) is 0 Å². The number of nitrogens with zero attached hydrogens (tertiary/aromatic N) is 1. The Balaban J connectivity index is 0.000001000. The minimum absolute atomic E-state index is 0. The summed E-state index contributed by atoms with van der Waals surface area (Å²) in [6.07, 6.45) is 5.97. The maximum atomic E-state index is 9.21. The molecule has 1 aliphatic rings. The Hall–Kier alpha value is -0.0400. The third kappa shape index (κ3) is 2.82. The fourth-order valence-corrected chi connectivity index (χ4v) is 1.52. The number of likely N-dealkylation sites (tertiary alicyclic amines) is 1. The molecule has 0 aromatic carbocycles. The zero-order valence-corrected chi connectivity index (χ0v) is 8.34. The highest BCUT2D eigenvalue weighted by Crippen LogP contribution is 2.15. The first-order chi connectivity index (χ1) is 4.66. The predicted molar refractivity (Wildman–Crippen MR) is 40.2 cm³/mol. The minimum atomic E-state index is -0.127. The highest BCUT2D eigenvalue weighted by Gasteiger charge is 2.32. The smallest absolute Gasteiger partial charge is 0.140 e. The van der Waals surface area contributed by atoms with Gasteiger partial charge in [0.1, 0.15) is 19.2 Å². The number of quaternary nitrogens is 1. The van der Waals surface area contributed by atoms with Crippen LogP contribution in [-0.2, 0) is 0 Å². The molecule has 11 heavy (non-hydrogen) atoms. The molecule has 0 aromatic rings. The van der Waals surface area contributed by atoms with Crippen molar-refractivity contribution in [2.24, 2.45) is 0 Å². The normalized spacial score (nSPS) is 35.9. The van der Waals surface area contributed by atoms with E-state index in [1.54, 1.807) is 0 Å². The first kappa shape index (κ1) is 11.0. The van der Waals surface area contributed by atoms with Crippen LogP contribution in [0.2, 0.25) is 0 Å². The van der Waals surface area contributed by atoms with Gasteiger partial charge in [0.2, 0.25) is 0 Å². The molecule has 1 unspecified atom stereocenters. The van der Waals surface area contributed by atoms with Crippen molar-refractivity contribution in [1.29, 1.82) is 0 Å². The zero-order valence-electron chi connectivity index (χ0n) is 6.76. The van der Waals surface area contributed by atoms with Gasteiger partial charge in [0.25, 0.3) is 0 Å². The van der Waals surface area contributed by atoms with Crippen molar-refractivity contribution in [3.05, 3.63) is 0 Å². The molecule has 1 fully saturated rings. The molecule has 1 heterocycles. The third-order valence-corrected chi connectivity index (χ3v) is 2.13. The molecule has 2 nitrogen and oxygen atoms in total. The number of aliphatic hydroxyl groups is 1. The van der Waals surface area contributed by atoms with Gasteiger partial charge < -0.3 is 26.6 Å². The summed E-state index contributed by atoms with van der Waals surface area (Å²) in [6.45, 7) is 2.59. The van der Waals surface area contributed by atoms with E-state index in [2.05, 4.69) is 13.0 Å². The molecule has 0 radical (unpaired) electrons. The second-order valence-corrected chi connectivity index (χ2v) is 3.33. The number of aliphatic hydroxyl groups excluding tert-OH is 1. The molecule has 0 aromatic heterocycles. The lowest BCUT2D eigenvalue weighted by Gasteiger charge is -2.26. The van der Waals surface area contributed by atoms with Crippen molar-refractivity contribution >= 4 is 0 Å². The van der Waals surface area contributed by atoms with Crippen LogP contribution in [0.1, 0.15) is 6.42 Å². The number of rotatable bonds is 1. The van der Waals surface area contributed by atoms with Crippen LogP contribution < -0.4 is 17.0 Å². The Morgan fingerprint density at radius 2 is 2.36 bits per heavy atom. The monoisotopic (exact) mass is 219 g/mol. The maximum absolute atomic E-state index is 9.21. The summed E-state index contributed by atoms with van der Waals surface area (Å²) in [5.74, 6) is 2.63.